The highest BCUT2D eigenvalue weighted by atomic mass is 15.2. The number of benzene rings is 2. The van der Waals surface area contributed by atoms with Crippen LogP contribution in [0.15, 0.2) is 72.9 Å². The highest BCUT2D eigenvalue weighted by Gasteiger charge is 2.15. The van der Waals surface area contributed by atoms with E-state index in [2.05, 4.69) is 39.6 Å². The van der Waals surface area contributed by atoms with Crippen molar-refractivity contribution >= 4 is 11.8 Å². The van der Waals surface area contributed by atoms with Gasteiger partial charge in [0, 0.05) is 20.3 Å². The fourth-order valence-corrected chi connectivity index (χ4v) is 2.45. The Morgan fingerprint density at radius 1 is 0.826 bits per heavy atom. The van der Waals surface area contributed by atoms with Crippen molar-refractivity contribution < 1.29 is 0 Å². The number of hydrogen-bond donors (Lipinski definition) is 1. The first-order chi connectivity index (χ1) is 11.2. The van der Waals surface area contributed by atoms with Crippen LogP contribution in [0.25, 0.3) is 0 Å². The molecule has 3 aromatic rings. The van der Waals surface area contributed by atoms with Gasteiger partial charge in [0.25, 0.3) is 0 Å². The normalized spacial score (nSPS) is 10.6. The zero-order valence-corrected chi connectivity index (χ0v) is 13.3. The van der Waals surface area contributed by atoms with Crippen LogP contribution in [0.3, 0.4) is 0 Å². The molecule has 4 nitrogen and oxygen atoms in total. The van der Waals surface area contributed by atoms with Gasteiger partial charge in [0.05, 0.1) is 6.04 Å². The molecular weight excluding hydrogens is 284 g/mol. The molecule has 0 spiro atoms. The molecule has 3 rings (SSSR count). The number of hydrogen-bond acceptors (Lipinski definition) is 4. The van der Waals surface area contributed by atoms with Crippen molar-refractivity contribution in [3.63, 3.8) is 0 Å². The van der Waals surface area contributed by atoms with E-state index < -0.39 is 0 Å². The van der Waals surface area contributed by atoms with E-state index in [9.17, 15) is 0 Å². The van der Waals surface area contributed by atoms with Gasteiger partial charge in [-0.3, -0.25) is 0 Å². The lowest BCUT2D eigenvalue weighted by Crippen LogP contribution is -2.16. The molecule has 0 unspecified atom stereocenters. The summed E-state index contributed by atoms with van der Waals surface area (Å²) in [4.78, 5) is 10.9. The summed E-state index contributed by atoms with van der Waals surface area (Å²) in [5, 5.41) is 3.46. The molecular formula is C19H20N4. The molecule has 0 saturated heterocycles. The summed E-state index contributed by atoms with van der Waals surface area (Å²) >= 11 is 0. The zero-order valence-electron chi connectivity index (χ0n) is 13.3. The topological polar surface area (TPSA) is 41.1 Å². The number of nitrogens with one attached hydrogen (secondary N) is 1. The largest absolute Gasteiger partial charge is 0.363 e. The average Bonchev–Trinajstić information content (AvgIpc) is 2.61. The van der Waals surface area contributed by atoms with Gasteiger partial charge in [0.2, 0.25) is 5.95 Å². The van der Waals surface area contributed by atoms with Crippen molar-refractivity contribution in [3.8, 4) is 0 Å². The van der Waals surface area contributed by atoms with Gasteiger partial charge in [-0.2, -0.15) is 4.98 Å². The number of aromatic nitrogens is 2. The Morgan fingerprint density at radius 2 is 1.39 bits per heavy atom. The summed E-state index contributed by atoms with van der Waals surface area (Å²) in [6.07, 6.45) is 1.78. The highest BCUT2D eigenvalue weighted by molar-refractivity contribution is 5.45. The molecule has 0 fully saturated rings. The molecule has 0 saturated carbocycles. The summed E-state index contributed by atoms with van der Waals surface area (Å²) < 4.78 is 0. The molecule has 0 aliphatic carbocycles. The molecule has 1 N–H and O–H groups in total. The van der Waals surface area contributed by atoms with Gasteiger partial charge in [-0.05, 0) is 17.2 Å². The average molecular weight is 304 g/mol. The van der Waals surface area contributed by atoms with Gasteiger partial charge >= 0.3 is 0 Å². The SMILES string of the molecule is CN(C)c1ccnc(NC(c2ccccc2)c2ccccc2)n1. The van der Waals surface area contributed by atoms with Crippen molar-refractivity contribution in [2.75, 3.05) is 24.3 Å². The van der Waals surface area contributed by atoms with Gasteiger partial charge in [-0.15, -0.1) is 0 Å². The smallest absolute Gasteiger partial charge is 0.225 e. The predicted octanol–water partition coefficient (Wildman–Crippen LogP) is 3.74. The minimum absolute atomic E-state index is 0.00909. The molecule has 4 heteroatoms. The summed E-state index contributed by atoms with van der Waals surface area (Å²) in [6.45, 7) is 0. The molecule has 0 bridgehead atoms. The molecule has 0 amide bonds. The molecule has 1 heterocycles. The van der Waals surface area contributed by atoms with Gasteiger partial charge in [-0.1, -0.05) is 60.7 Å². The molecule has 2 aromatic carbocycles. The summed E-state index contributed by atoms with van der Waals surface area (Å²) in [5.41, 5.74) is 2.36. The lowest BCUT2D eigenvalue weighted by molar-refractivity contribution is 0.903. The van der Waals surface area contributed by atoms with E-state index in [4.69, 9.17) is 0 Å². The Bertz CT molecular complexity index is 702. The maximum absolute atomic E-state index is 4.57. The maximum Gasteiger partial charge on any atom is 0.225 e. The molecule has 0 aliphatic heterocycles. The Balaban J connectivity index is 1.95. The molecule has 0 atom stereocenters. The Labute approximate surface area is 136 Å². The van der Waals surface area contributed by atoms with Crippen molar-refractivity contribution in [1.29, 1.82) is 0 Å². The lowest BCUT2D eigenvalue weighted by atomic mass is 9.99. The van der Waals surface area contributed by atoms with E-state index in [0.717, 1.165) is 5.82 Å². The van der Waals surface area contributed by atoms with Gasteiger partial charge in [0.1, 0.15) is 5.82 Å². The van der Waals surface area contributed by atoms with Crippen molar-refractivity contribution in [2.24, 2.45) is 0 Å². The Morgan fingerprint density at radius 3 is 1.91 bits per heavy atom. The minimum Gasteiger partial charge on any atom is -0.363 e. The third-order valence-corrected chi connectivity index (χ3v) is 3.64. The van der Waals surface area contributed by atoms with Crippen LogP contribution in [0.5, 0.6) is 0 Å². The fraction of sp³-hybridized carbons (Fsp3) is 0.158. The van der Waals surface area contributed by atoms with Crippen LogP contribution in [-0.4, -0.2) is 24.1 Å². The highest BCUT2D eigenvalue weighted by Crippen LogP contribution is 2.25. The standard InChI is InChI=1S/C19H20N4/c1-23(2)17-13-14-20-19(21-17)22-18(15-9-5-3-6-10-15)16-11-7-4-8-12-16/h3-14,18H,1-2H3,(H,20,21,22). The van der Waals surface area contributed by atoms with E-state index >= 15 is 0 Å². The van der Waals surface area contributed by atoms with Gasteiger partial charge in [-0.25, -0.2) is 4.98 Å². The molecule has 23 heavy (non-hydrogen) atoms. The number of nitrogens with zero attached hydrogens (tertiary/aromatic N) is 3. The third-order valence-electron chi connectivity index (χ3n) is 3.64. The fourth-order valence-electron chi connectivity index (χ4n) is 2.45. The molecule has 0 aliphatic rings. The second-order valence-corrected chi connectivity index (χ2v) is 5.53. The number of rotatable bonds is 5. The number of anilines is 2. The quantitative estimate of drug-likeness (QED) is 0.779. The second kappa shape index (κ2) is 6.92. The lowest BCUT2D eigenvalue weighted by Gasteiger charge is -2.20. The van der Waals surface area contributed by atoms with Gasteiger partial charge < -0.3 is 10.2 Å². The van der Waals surface area contributed by atoms with Crippen molar-refractivity contribution in [1.82, 2.24) is 9.97 Å². The monoisotopic (exact) mass is 304 g/mol. The van der Waals surface area contributed by atoms with Crippen LogP contribution < -0.4 is 10.2 Å². The molecule has 0 radical (unpaired) electrons. The van der Waals surface area contributed by atoms with Crippen molar-refractivity contribution in [3.05, 3.63) is 84.1 Å². The summed E-state index contributed by atoms with van der Waals surface area (Å²) in [5.74, 6) is 1.50. The Kier molecular flexibility index (Phi) is 4.52. The van der Waals surface area contributed by atoms with Crippen LogP contribution in [0, 0.1) is 0 Å². The first-order valence-electron chi connectivity index (χ1n) is 7.61. The van der Waals surface area contributed by atoms with Crippen LogP contribution in [0.4, 0.5) is 11.8 Å². The molecule has 116 valence electrons. The minimum atomic E-state index is 0.00909. The van der Waals surface area contributed by atoms with E-state index in [0.29, 0.717) is 5.95 Å². The van der Waals surface area contributed by atoms with E-state index in [1.54, 1.807) is 6.20 Å². The maximum atomic E-state index is 4.57. The molecule has 1 aromatic heterocycles. The van der Waals surface area contributed by atoms with Crippen LogP contribution in [0.2, 0.25) is 0 Å². The summed E-state index contributed by atoms with van der Waals surface area (Å²) in [7, 11) is 3.94. The second-order valence-electron chi connectivity index (χ2n) is 5.53. The van der Waals surface area contributed by atoms with Crippen LogP contribution in [-0.2, 0) is 0 Å². The van der Waals surface area contributed by atoms with E-state index in [-0.39, 0.29) is 6.04 Å². The van der Waals surface area contributed by atoms with Crippen LogP contribution >= 0.6 is 0 Å². The Hall–Kier alpha value is -2.88. The third kappa shape index (κ3) is 3.66. The van der Waals surface area contributed by atoms with Gasteiger partial charge in [0.15, 0.2) is 0 Å². The predicted molar refractivity (Wildman–Crippen MR) is 94.7 cm³/mol. The zero-order chi connectivity index (χ0) is 16.1. The summed E-state index contributed by atoms with van der Waals surface area (Å²) in [6, 6.07) is 22.6. The van der Waals surface area contributed by atoms with E-state index in [1.807, 2.05) is 61.5 Å². The van der Waals surface area contributed by atoms with Crippen molar-refractivity contribution in [2.45, 2.75) is 6.04 Å². The van der Waals surface area contributed by atoms with Crippen LogP contribution in [0.1, 0.15) is 17.2 Å². The first kappa shape index (κ1) is 15.0. The first-order valence-corrected chi connectivity index (χ1v) is 7.61. The van der Waals surface area contributed by atoms with E-state index in [1.165, 1.54) is 11.1 Å².